The van der Waals surface area contributed by atoms with Crippen molar-refractivity contribution in [2.24, 2.45) is 5.73 Å². The van der Waals surface area contributed by atoms with Crippen LogP contribution in [-0.4, -0.2) is 11.0 Å². The largest absolute Gasteiger partial charge is 0.327 e. The van der Waals surface area contributed by atoms with Crippen LogP contribution in [0.25, 0.3) is 0 Å². The van der Waals surface area contributed by atoms with Crippen LogP contribution >= 0.6 is 34.7 Å². The van der Waals surface area contributed by atoms with E-state index >= 15 is 0 Å². The highest BCUT2D eigenvalue weighted by molar-refractivity contribution is 8.01. The zero-order chi connectivity index (χ0) is 13.8. The van der Waals surface area contributed by atoms with Gasteiger partial charge in [0.15, 0.2) is 4.34 Å². The zero-order valence-corrected chi connectivity index (χ0v) is 13.4. The molecule has 1 unspecified atom stereocenters. The lowest BCUT2D eigenvalue weighted by molar-refractivity contribution is 0.646. The maximum absolute atomic E-state index is 6.32. The molecule has 0 aliphatic carbocycles. The summed E-state index contributed by atoms with van der Waals surface area (Å²) in [7, 11) is 0. The lowest BCUT2D eigenvalue weighted by atomic mass is 10.1. The monoisotopic (exact) mass is 312 g/mol. The molecule has 19 heavy (non-hydrogen) atoms. The standard InChI is InChI=1S/C14H17ClN2S2/c1-3-11(16)6-10-4-5-12(7-13(10)15)19-14-17-9(2)8-18-14/h4-5,7-8,11H,3,6,16H2,1-2H3. The molecule has 0 radical (unpaired) electrons. The Morgan fingerprint density at radius 3 is 2.84 bits per heavy atom. The third kappa shape index (κ3) is 4.21. The predicted molar refractivity (Wildman–Crippen MR) is 84.4 cm³/mol. The third-order valence-corrected chi connectivity index (χ3v) is 5.23. The molecule has 0 aliphatic heterocycles. The fraction of sp³-hybridized carbons (Fsp3) is 0.357. The maximum Gasteiger partial charge on any atom is 0.154 e. The molecule has 2 aromatic rings. The molecular formula is C14H17ClN2S2. The summed E-state index contributed by atoms with van der Waals surface area (Å²) in [6, 6.07) is 6.34. The van der Waals surface area contributed by atoms with Gasteiger partial charge in [0, 0.05) is 27.0 Å². The van der Waals surface area contributed by atoms with Crippen LogP contribution in [0, 0.1) is 6.92 Å². The zero-order valence-electron chi connectivity index (χ0n) is 11.0. The molecule has 2 nitrogen and oxygen atoms in total. The molecule has 0 spiro atoms. The van der Waals surface area contributed by atoms with Crippen molar-refractivity contribution in [2.75, 3.05) is 0 Å². The summed E-state index contributed by atoms with van der Waals surface area (Å²) in [5, 5.41) is 2.85. The normalized spacial score (nSPS) is 12.6. The number of hydrogen-bond acceptors (Lipinski definition) is 4. The van der Waals surface area contributed by atoms with Crippen molar-refractivity contribution in [3.05, 3.63) is 39.9 Å². The molecule has 5 heteroatoms. The lowest BCUT2D eigenvalue weighted by Crippen LogP contribution is -2.21. The van der Waals surface area contributed by atoms with Crippen LogP contribution in [0.4, 0.5) is 0 Å². The second-order valence-corrected chi connectivity index (χ2v) is 7.07. The van der Waals surface area contributed by atoms with Crippen molar-refractivity contribution in [2.45, 2.75) is 42.0 Å². The van der Waals surface area contributed by atoms with E-state index < -0.39 is 0 Å². The number of aryl methyl sites for hydroxylation is 1. The van der Waals surface area contributed by atoms with Crippen molar-refractivity contribution in [1.29, 1.82) is 0 Å². The van der Waals surface area contributed by atoms with Gasteiger partial charge in [0.25, 0.3) is 0 Å². The van der Waals surface area contributed by atoms with Gasteiger partial charge in [-0.05, 0) is 37.5 Å². The first-order valence-corrected chi connectivity index (χ1v) is 8.30. The van der Waals surface area contributed by atoms with Gasteiger partial charge in [0.1, 0.15) is 0 Å². The molecule has 0 amide bonds. The number of nitrogens with two attached hydrogens (primary N) is 1. The van der Waals surface area contributed by atoms with E-state index in [1.165, 1.54) is 0 Å². The highest BCUT2D eigenvalue weighted by atomic mass is 35.5. The SMILES string of the molecule is CCC(N)Cc1ccc(Sc2nc(C)cs2)cc1Cl. The Bertz CT molecular complexity index is 554. The number of aromatic nitrogens is 1. The predicted octanol–water partition coefficient (Wildman–Crippen LogP) is 4.54. The summed E-state index contributed by atoms with van der Waals surface area (Å²) >= 11 is 9.62. The van der Waals surface area contributed by atoms with Gasteiger partial charge < -0.3 is 5.73 Å². The van der Waals surface area contributed by atoms with Crippen molar-refractivity contribution < 1.29 is 0 Å². The summed E-state index contributed by atoms with van der Waals surface area (Å²) in [6.45, 7) is 4.09. The summed E-state index contributed by atoms with van der Waals surface area (Å²) < 4.78 is 1.05. The molecule has 0 saturated carbocycles. The maximum atomic E-state index is 6.32. The van der Waals surface area contributed by atoms with E-state index in [0.717, 1.165) is 38.4 Å². The summed E-state index contributed by atoms with van der Waals surface area (Å²) in [5.41, 5.74) is 8.15. The second-order valence-electron chi connectivity index (χ2n) is 4.48. The van der Waals surface area contributed by atoms with Crippen LogP contribution in [0.5, 0.6) is 0 Å². The van der Waals surface area contributed by atoms with Gasteiger partial charge >= 0.3 is 0 Å². The Kier molecular flexibility index (Phi) is 5.28. The van der Waals surface area contributed by atoms with E-state index in [4.69, 9.17) is 17.3 Å². The molecule has 1 aromatic carbocycles. The minimum Gasteiger partial charge on any atom is -0.327 e. The van der Waals surface area contributed by atoms with E-state index in [-0.39, 0.29) is 6.04 Å². The van der Waals surface area contributed by atoms with E-state index in [1.54, 1.807) is 23.1 Å². The van der Waals surface area contributed by atoms with Crippen LogP contribution in [0.15, 0.2) is 32.8 Å². The molecule has 1 aromatic heterocycles. The average molecular weight is 313 g/mol. The number of thiazole rings is 1. The van der Waals surface area contributed by atoms with Crippen LogP contribution in [0.2, 0.25) is 5.02 Å². The van der Waals surface area contributed by atoms with E-state index in [9.17, 15) is 0 Å². The quantitative estimate of drug-likeness (QED) is 0.881. The average Bonchev–Trinajstić information content (AvgIpc) is 2.78. The highest BCUT2D eigenvalue weighted by Crippen LogP contribution is 2.33. The molecule has 1 atom stereocenters. The van der Waals surface area contributed by atoms with Gasteiger partial charge in [-0.1, -0.05) is 36.4 Å². The molecule has 1 heterocycles. The molecular weight excluding hydrogens is 296 g/mol. The Morgan fingerprint density at radius 1 is 1.47 bits per heavy atom. The number of hydrogen-bond donors (Lipinski definition) is 1. The first-order chi connectivity index (χ1) is 9.08. The Balaban J connectivity index is 2.10. The fourth-order valence-electron chi connectivity index (χ4n) is 1.66. The van der Waals surface area contributed by atoms with Gasteiger partial charge in [0.2, 0.25) is 0 Å². The number of rotatable bonds is 5. The van der Waals surface area contributed by atoms with E-state index in [2.05, 4.69) is 29.4 Å². The van der Waals surface area contributed by atoms with Gasteiger partial charge in [0.05, 0.1) is 0 Å². The van der Waals surface area contributed by atoms with E-state index in [1.807, 2.05) is 13.0 Å². The van der Waals surface area contributed by atoms with Crippen LogP contribution < -0.4 is 5.73 Å². The molecule has 0 bridgehead atoms. The first-order valence-electron chi connectivity index (χ1n) is 6.22. The van der Waals surface area contributed by atoms with Crippen molar-refractivity contribution in [3.63, 3.8) is 0 Å². The molecule has 0 saturated heterocycles. The van der Waals surface area contributed by atoms with Crippen molar-refractivity contribution in [1.82, 2.24) is 4.98 Å². The minimum absolute atomic E-state index is 0.178. The molecule has 0 aliphatic rings. The van der Waals surface area contributed by atoms with Gasteiger partial charge in [-0.15, -0.1) is 11.3 Å². The topological polar surface area (TPSA) is 38.9 Å². The Morgan fingerprint density at radius 2 is 2.26 bits per heavy atom. The van der Waals surface area contributed by atoms with E-state index in [0.29, 0.717) is 0 Å². The second kappa shape index (κ2) is 6.75. The summed E-state index contributed by atoms with van der Waals surface area (Å²) in [6.07, 6.45) is 1.79. The summed E-state index contributed by atoms with van der Waals surface area (Å²) in [5.74, 6) is 0. The Hall–Kier alpha value is -0.550. The van der Waals surface area contributed by atoms with Crippen LogP contribution in [0.3, 0.4) is 0 Å². The lowest BCUT2D eigenvalue weighted by Gasteiger charge is -2.11. The van der Waals surface area contributed by atoms with Crippen LogP contribution in [0.1, 0.15) is 24.6 Å². The fourth-order valence-corrected chi connectivity index (χ4v) is 3.84. The number of benzene rings is 1. The first kappa shape index (κ1) is 14.9. The summed E-state index contributed by atoms with van der Waals surface area (Å²) in [4.78, 5) is 5.56. The van der Waals surface area contributed by atoms with Gasteiger partial charge in [-0.3, -0.25) is 0 Å². The van der Waals surface area contributed by atoms with Gasteiger partial charge in [-0.2, -0.15) is 0 Å². The highest BCUT2D eigenvalue weighted by Gasteiger charge is 2.08. The molecule has 102 valence electrons. The van der Waals surface area contributed by atoms with Crippen LogP contribution in [-0.2, 0) is 6.42 Å². The minimum atomic E-state index is 0.178. The smallest absolute Gasteiger partial charge is 0.154 e. The van der Waals surface area contributed by atoms with Gasteiger partial charge in [-0.25, -0.2) is 4.98 Å². The number of halogens is 1. The van der Waals surface area contributed by atoms with Crippen molar-refractivity contribution >= 4 is 34.7 Å². The Labute approximate surface area is 127 Å². The molecule has 0 fully saturated rings. The molecule has 2 rings (SSSR count). The number of nitrogens with zero attached hydrogens (tertiary/aromatic N) is 1. The molecule has 2 N–H and O–H groups in total. The third-order valence-electron chi connectivity index (χ3n) is 2.83. The van der Waals surface area contributed by atoms with Crippen molar-refractivity contribution in [3.8, 4) is 0 Å².